The van der Waals surface area contributed by atoms with Crippen LogP contribution in [0.5, 0.6) is 0 Å². The molecule has 78 valence electrons. The fourth-order valence-electron chi connectivity index (χ4n) is 0.756. The SMILES string of the molecule is CCNCNCC(=O)OC(C)(C)C. The summed E-state index contributed by atoms with van der Waals surface area (Å²) in [6, 6.07) is 0. The van der Waals surface area contributed by atoms with E-state index < -0.39 is 5.60 Å². The van der Waals surface area contributed by atoms with E-state index in [1.807, 2.05) is 27.7 Å². The van der Waals surface area contributed by atoms with Crippen molar-refractivity contribution in [3.63, 3.8) is 0 Å². The van der Waals surface area contributed by atoms with E-state index in [1.54, 1.807) is 0 Å². The molecule has 0 bridgehead atoms. The van der Waals surface area contributed by atoms with Gasteiger partial charge in [-0.1, -0.05) is 6.92 Å². The molecule has 0 heterocycles. The van der Waals surface area contributed by atoms with Gasteiger partial charge in [-0.25, -0.2) is 0 Å². The lowest BCUT2D eigenvalue weighted by Crippen LogP contribution is -2.36. The number of carbonyl (C=O) groups is 1. The van der Waals surface area contributed by atoms with Crippen LogP contribution in [0.25, 0.3) is 0 Å². The zero-order valence-corrected chi connectivity index (χ0v) is 8.94. The molecule has 13 heavy (non-hydrogen) atoms. The van der Waals surface area contributed by atoms with Crippen LogP contribution in [0.2, 0.25) is 0 Å². The molecule has 2 N–H and O–H groups in total. The molecule has 4 nitrogen and oxygen atoms in total. The maximum atomic E-state index is 11.1. The summed E-state index contributed by atoms with van der Waals surface area (Å²) in [6.07, 6.45) is 0. The van der Waals surface area contributed by atoms with Gasteiger partial charge in [0, 0.05) is 6.67 Å². The van der Waals surface area contributed by atoms with Crippen molar-refractivity contribution >= 4 is 5.97 Å². The van der Waals surface area contributed by atoms with E-state index in [9.17, 15) is 4.79 Å². The van der Waals surface area contributed by atoms with Crippen LogP contribution < -0.4 is 10.6 Å². The largest absolute Gasteiger partial charge is 0.459 e. The highest BCUT2D eigenvalue weighted by Gasteiger charge is 2.15. The third kappa shape index (κ3) is 9.30. The second-order valence-corrected chi connectivity index (χ2v) is 3.79. The van der Waals surface area contributed by atoms with Crippen LogP contribution in [-0.2, 0) is 9.53 Å². The van der Waals surface area contributed by atoms with Crippen molar-refractivity contribution in [2.75, 3.05) is 19.8 Å². The molecule has 0 spiro atoms. The number of esters is 1. The van der Waals surface area contributed by atoms with Gasteiger partial charge in [0.25, 0.3) is 0 Å². The normalized spacial score (nSPS) is 11.4. The lowest BCUT2D eigenvalue weighted by atomic mass is 10.2. The summed E-state index contributed by atoms with van der Waals surface area (Å²) in [5, 5.41) is 5.97. The van der Waals surface area contributed by atoms with E-state index in [-0.39, 0.29) is 12.5 Å². The first-order valence-corrected chi connectivity index (χ1v) is 4.59. The summed E-state index contributed by atoms with van der Waals surface area (Å²) >= 11 is 0. The molecular weight excluding hydrogens is 168 g/mol. The molecule has 0 unspecified atom stereocenters. The Kier molecular flexibility index (Phi) is 5.66. The fraction of sp³-hybridized carbons (Fsp3) is 0.889. The summed E-state index contributed by atoms with van der Waals surface area (Å²) in [5.41, 5.74) is -0.392. The maximum Gasteiger partial charge on any atom is 0.320 e. The van der Waals surface area contributed by atoms with Gasteiger partial charge >= 0.3 is 5.97 Å². The number of hydrogen-bond donors (Lipinski definition) is 2. The van der Waals surface area contributed by atoms with Crippen molar-refractivity contribution in [2.45, 2.75) is 33.3 Å². The molecule has 0 saturated heterocycles. The summed E-state index contributed by atoms with van der Waals surface area (Å²) in [7, 11) is 0. The average Bonchev–Trinajstić information content (AvgIpc) is 1.94. The lowest BCUT2D eigenvalue weighted by Gasteiger charge is -2.19. The first kappa shape index (κ1) is 12.4. The predicted molar refractivity (Wildman–Crippen MR) is 52.4 cm³/mol. The Morgan fingerprint density at radius 1 is 1.31 bits per heavy atom. The van der Waals surface area contributed by atoms with Crippen molar-refractivity contribution < 1.29 is 9.53 Å². The molecule has 0 saturated carbocycles. The molecule has 0 aliphatic heterocycles. The van der Waals surface area contributed by atoms with E-state index in [0.29, 0.717) is 6.67 Å². The maximum absolute atomic E-state index is 11.1. The molecule has 4 heteroatoms. The Balaban J connectivity index is 3.41. The first-order chi connectivity index (χ1) is 5.95. The van der Waals surface area contributed by atoms with Crippen molar-refractivity contribution in [1.82, 2.24) is 10.6 Å². The third-order valence-corrected chi connectivity index (χ3v) is 1.19. The van der Waals surface area contributed by atoms with E-state index in [4.69, 9.17) is 4.74 Å². The molecular formula is C9H20N2O2. The zero-order chi connectivity index (χ0) is 10.3. The number of carbonyl (C=O) groups excluding carboxylic acids is 1. The van der Waals surface area contributed by atoms with Crippen LogP contribution in [0.1, 0.15) is 27.7 Å². The molecule has 0 rings (SSSR count). The van der Waals surface area contributed by atoms with Crippen LogP contribution >= 0.6 is 0 Å². The summed E-state index contributed by atoms with van der Waals surface area (Å²) in [6.45, 7) is 9.36. The van der Waals surface area contributed by atoms with Gasteiger partial charge in [-0.3, -0.25) is 10.1 Å². The smallest absolute Gasteiger partial charge is 0.320 e. The van der Waals surface area contributed by atoms with Gasteiger partial charge < -0.3 is 10.1 Å². The molecule has 0 aromatic rings. The third-order valence-electron chi connectivity index (χ3n) is 1.19. The average molecular weight is 188 g/mol. The van der Waals surface area contributed by atoms with Crippen LogP contribution in [0, 0.1) is 0 Å². The van der Waals surface area contributed by atoms with Crippen molar-refractivity contribution in [2.24, 2.45) is 0 Å². The topological polar surface area (TPSA) is 50.4 Å². The van der Waals surface area contributed by atoms with E-state index in [1.165, 1.54) is 0 Å². The number of nitrogens with one attached hydrogen (secondary N) is 2. The minimum Gasteiger partial charge on any atom is -0.459 e. The van der Waals surface area contributed by atoms with Gasteiger partial charge in [-0.2, -0.15) is 0 Å². The van der Waals surface area contributed by atoms with Crippen molar-refractivity contribution in [3.8, 4) is 0 Å². The zero-order valence-electron chi connectivity index (χ0n) is 8.94. The van der Waals surface area contributed by atoms with E-state index in [2.05, 4.69) is 10.6 Å². The molecule has 0 aliphatic rings. The number of ether oxygens (including phenoxy) is 1. The Morgan fingerprint density at radius 2 is 1.92 bits per heavy atom. The monoisotopic (exact) mass is 188 g/mol. The fourth-order valence-corrected chi connectivity index (χ4v) is 0.756. The van der Waals surface area contributed by atoms with Crippen molar-refractivity contribution in [3.05, 3.63) is 0 Å². The Labute approximate surface area is 80.0 Å². The predicted octanol–water partition coefficient (Wildman–Crippen LogP) is 0.485. The van der Waals surface area contributed by atoms with Gasteiger partial charge in [0.05, 0.1) is 6.54 Å². The van der Waals surface area contributed by atoms with Crippen LogP contribution in [0.15, 0.2) is 0 Å². The van der Waals surface area contributed by atoms with E-state index in [0.717, 1.165) is 6.54 Å². The molecule has 0 aromatic heterocycles. The quantitative estimate of drug-likeness (QED) is 0.374. The molecule has 0 aromatic carbocycles. The highest BCUT2D eigenvalue weighted by atomic mass is 16.6. The molecule has 0 aliphatic carbocycles. The first-order valence-electron chi connectivity index (χ1n) is 4.59. The van der Waals surface area contributed by atoms with E-state index >= 15 is 0 Å². The van der Waals surface area contributed by atoms with Gasteiger partial charge in [0.15, 0.2) is 0 Å². The minimum atomic E-state index is -0.392. The van der Waals surface area contributed by atoms with Crippen LogP contribution in [0.3, 0.4) is 0 Å². The van der Waals surface area contributed by atoms with Crippen LogP contribution in [0.4, 0.5) is 0 Å². The Hall–Kier alpha value is -0.610. The second kappa shape index (κ2) is 5.94. The standard InChI is InChI=1S/C9H20N2O2/c1-5-10-7-11-6-8(12)13-9(2,3)4/h10-11H,5-7H2,1-4H3. The minimum absolute atomic E-state index is 0.217. The molecule has 0 radical (unpaired) electrons. The van der Waals surface area contributed by atoms with Gasteiger partial charge in [-0.15, -0.1) is 0 Å². The van der Waals surface area contributed by atoms with Crippen molar-refractivity contribution in [1.29, 1.82) is 0 Å². The Bertz CT molecular complexity index is 152. The number of hydrogen-bond acceptors (Lipinski definition) is 4. The lowest BCUT2D eigenvalue weighted by molar-refractivity contribution is -0.153. The summed E-state index contributed by atoms with van der Waals surface area (Å²) in [5.74, 6) is -0.217. The molecule has 0 fully saturated rings. The second-order valence-electron chi connectivity index (χ2n) is 3.79. The Morgan fingerprint density at radius 3 is 2.38 bits per heavy atom. The summed E-state index contributed by atoms with van der Waals surface area (Å²) < 4.78 is 5.09. The van der Waals surface area contributed by atoms with Gasteiger partial charge in [-0.05, 0) is 27.3 Å². The molecule has 0 atom stereocenters. The highest BCUT2D eigenvalue weighted by molar-refractivity contribution is 5.72. The highest BCUT2D eigenvalue weighted by Crippen LogP contribution is 2.05. The van der Waals surface area contributed by atoms with Gasteiger partial charge in [0.2, 0.25) is 0 Å². The molecule has 0 amide bonds. The van der Waals surface area contributed by atoms with Crippen LogP contribution in [-0.4, -0.2) is 31.3 Å². The van der Waals surface area contributed by atoms with Gasteiger partial charge in [0.1, 0.15) is 5.60 Å². The summed E-state index contributed by atoms with van der Waals surface area (Å²) in [4.78, 5) is 11.1. The number of rotatable bonds is 5.